The number of aryl methyl sites for hydroxylation is 1. The minimum Gasteiger partial charge on any atom is -0.380 e. The van der Waals surface area contributed by atoms with Gasteiger partial charge in [-0.2, -0.15) is 0 Å². The summed E-state index contributed by atoms with van der Waals surface area (Å²) < 4.78 is 5.34. The van der Waals surface area contributed by atoms with Gasteiger partial charge in [-0.15, -0.1) is 0 Å². The van der Waals surface area contributed by atoms with E-state index < -0.39 is 0 Å². The van der Waals surface area contributed by atoms with Crippen molar-refractivity contribution in [3.8, 4) is 0 Å². The number of H-pyrrole nitrogens is 1. The molecule has 0 atom stereocenters. The SMILES string of the molecule is Cc1[nH]c2ccccc2c1CC1(CN)COC1. The molecule has 0 unspecified atom stereocenters. The molecule has 1 aromatic carbocycles. The highest BCUT2D eigenvalue weighted by Crippen LogP contribution is 2.34. The molecular weight excluding hydrogens is 212 g/mol. The van der Waals surface area contributed by atoms with Crippen LogP contribution in [0, 0.1) is 12.3 Å². The molecule has 3 N–H and O–H groups in total. The van der Waals surface area contributed by atoms with Gasteiger partial charge in [-0.3, -0.25) is 0 Å². The topological polar surface area (TPSA) is 51.0 Å². The summed E-state index contributed by atoms with van der Waals surface area (Å²) in [5.74, 6) is 0. The molecule has 3 heteroatoms. The summed E-state index contributed by atoms with van der Waals surface area (Å²) in [5, 5.41) is 1.32. The molecule has 3 nitrogen and oxygen atoms in total. The number of aromatic amines is 1. The van der Waals surface area contributed by atoms with Crippen molar-refractivity contribution in [3.05, 3.63) is 35.5 Å². The molecule has 1 aromatic heterocycles. The van der Waals surface area contributed by atoms with Crippen LogP contribution in [0.15, 0.2) is 24.3 Å². The van der Waals surface area contributed by atoms with Crippen LogP contribution in [0.1, 0.15) is 11.3 Å². The van der Waals surface area contributed by atoms with E-state index in [0.29, 0.717) is 6.54 Å². The number of nitrogens with one attached hydrogen (secondary N) is 1. The largest absolute Gasteiger partial charge is 0.380 e. The summed E-state index contributed by atoms with van der Waals surface area (Å²) in [6.45, 7) is 4.43. The number of fused-ring (bicyclic) bond motifs is 1. The Morgan fingerprint density at radius 3 is 2.76 bits per heavy atom. The van der Waals surface area contributed by atoms with Crippen LogP contribution >= 0.6 is 0 Å². The number of nitrogens with two attached hydrogens (primary N) is 1. The van der Waals surface area contributed by atoms with E-state index in [-0.39, 0.29) is 5.41 Å². The summed E-state index contributed by atoms with van der Waals surface area (Å²) in [6, 6.07) is 8.45. The van der Waals surface area contributed by atoms with Gasteiger partial charge in [0, 0.05) is 28.6 Å². The van der Waals surface area contributed by atoms with Crippen molar-refractivity contribution >= 4 is 10.9 Å². The van der Waals surface area contributed by atoms with Crippen LogP contribution in [-0.2, 0) is 11.2 Å². The molecule has 2 aromatic rings. The van der Waals surface area contributed by atoms with Crippen molar-refractivity contribution in [1.29, 1.82) is 0 Å². The van der Waals surface area contributed by atoms with Crippen molar-refractivity contribution in [2.24, 2.45) is 11.1 Å². The fourth-order valence-electron chi connectivity index (χ4n) is 2.62. The molecule has 1 aliphatic heterocycles. The van der Waals surface area contributed by atoms with Crippen molar-refractivity contribution in [2.45, 2.75) is 13.3 Å². The number of hydrogen-bond donors (Lipinski definition) is 2. The summed E-state index contributed by atoms with van der Waals surface area (Å²) in [7, 11) is 0. The van der Waals surface area contributed by atoms with E-state index in [1.807, 2.05) is 0 Å². The maximum atomic E-state index is 5.89. The maximum absolute atomic E-state index is 5.89. The molecule has 1 saturated heterocycles. The molecular formula is C14H18N2O. The second-order valence-corrected chi connectivity index (χ2v) is 5.15. The zero-order valence-electron chi connectivity index (χ0n) is 10.1. The van der Waals surface area contributed by atoms with Gasteiger partial charge < -0.3 is 15.5 Å². The molecule has 3 rings (SSSR count). The number of rotatable bonds is 3. The molecule has 17 heavy (non-hydrogen) atoms. The van der Waals surface area contributed by atoms with E-state index in [2.05, 4.69) is 36.2 Å². The summed E-state index contributed by atoms with van der Waals surface area (Å²) >= 11 is 0. The monoisotopic (exact) mass is 230 g/mol. The molecule has 0 saturated carbocycles. The van der Waals surface area contributed by atoms with Gasteiger partial charge in [0.05, 0.1) is 13.2 Å². The van der Waals surface area contributed by atoms with Crippen molar-refractivity contribution < 1.29 is 4.74 Å². The van der Waals surface area contributed by atoms with Crippen molar-refractivity contribution in [1.82, 2.24) is 4.98 Å². The smallest absolute Gasteiger partial charge is 0.0560 e. The van der Waals surface area contributed by atoms with E-state index in [1.165, 1.54) is 22.2 Å². The van der Waals surface area contributed by atoms with E-state index in [4.69, 9.17) is 10.5 Å². The van der Waals surface area contributed by atoms with Crippen molar-refractivity contribution in [2.75, 3.05) is 19.8 Å². The van der Waals surface area contributed by atoms with Crippen LogP contribution in [0.2, 0.25) is 0 Å². The second kappa shape index (κ2) is 3.86. The average Bonchev–Trinajstić information content (AvgIpc) is 2.60. The van der Waals surface area contributed by atoms with Gasteiger partial charge in [-0.1, -0.05) is 18.2 Å². The van der Waals surface area contributed by atoms with E-state index in [9.17, 15) is 0 Å². The van der Waals surface area contributed by atoms with Gasteiger partial charge >= 0.3 is 0 Å². The highest BCUT2D eigenvalue weighted by Gasteiger charge is 2.38. The first-order chi connectivity index (χ1) is 8.24. The molecule has 0 spiro atoms. The third kappa shape index (κ3) is 1.66. The fraction of sp³-hybridized carbons (Fsp3) is 0.429. The number of para-hydroxylation sites is 1. The standard InChI is InChI=1S/C14H18N2O/c1-10-12(6-14(7-15)8-17-9-14)11-4-2-3-5-13(11)16-10/h2-5,16H,6-9,15H2,1H3. The van der Waals surface area contributed by atoms with Gasteiger partial charge in [-0.25, -0.2) is 0 Å². The van der Waals surface area contributed by atoms with Gasteiger partial charge in [0.1, 0.15) is 0 Å². The van der Waals surface area contributed by atoms with Gasteiger partial charge in [0.2, 0.25) is 0 Å². The number of aromatic nitrogens is 1. The Morgan fingerprint density at radius 2 is 2.12 bits per heavy atom. The van der Waals surface area contributed by atoms with E-state index in [1.54, 1.807) is 0 Å². The van der Waals surface area contributed by atoms with Crippen molar-refractivity contribution in [3.63, 3.8) is 0 Å². The van der Waals surface area contributed by atoms with Gasteiger partial charge in [0.25, 0.3) is 0 Å². The highest BCUT2D eigenvalue weighted by molar-refractivity contribution is 5.84. The summed E-state index contributed by atoms with van der Waals surface area (Å²) in [6.07, 6.45) is 1.01. The lowest BCUT2D eigenvalue weighted by Gasteiger charge is -2.40. The van der Waals surface area contributed by atoms with Crippen LogP contribution in [0.5, 0.6) is 0 Å². The van der Waals surface area contributed by atoms with Gasteiger partial charge in [0.15, 0.2) is 0 Å². The quantitative estimate of drug-likeness (QED) is 0.847. The first kappa shape index (κ1) is 10.8. The molecule has 1 fully saturated rings. The van der Waals surface area contributed by atoms with Crippen LogP contribution < -0.4 is 5.73 Å². The second-order valence-electron chi connectivity index (χ2n) is 5.15. The van der Waals surface area contributed by atoms with Gasteiger partial charge in [-0.05, 0) is 25.0 Å². The minimum atomic E-state index is 0.162. The molecule has 0 aliphatic carbocycles. The highest BCUT2D eigenvalue weighted by atomic mass is 16.5. The fourth-order valence-corrected chi connectivity index (χ4v) is 2.62. The minimum absolute atomic E-state index is 0.162. The zero-order chi connectivity index (χ0) is 11.9. The van der Waals surface area contributed by atoms with E-state index in [0.717, 1.165) is 19.6 Å². The number of hydrogen-bond acceptors (Lipinski definition) is 2. The van der Waals surface area contributed by atoms with Crippen LogP contribution in [-0.4, -0.2) is 24.7 Å². The molecule has 90 valence electrons. The third-order valence-corrected chi connectivity index (χ3v) is 3.83. The maximum Gasteiger partial charge on any atom is 0.0560 e. The molecule has 2 heterocycles. The third-order valence-electron chi connectivity index (χ3n) is 3.83. The van der Waals surface area contributed by atoms with Crippen LogP contribution in [0.4, 0.5) is 0 Å². The summed E-state index contributed by atoms with van der Waals surface area (Å²) in [5.41, 5.74) is 9.92. The predicted octanol–water partition coefficient (Wildman–Crippen LogP) is 1.99. The van der Waals surface area contributed by atoms with Crippen LogP contribution in [0.3, 0.4) is 0 Å². The zero-order valence-corrected chi connectivity index (χ0v) is 10.1. The lowest BCUT2D eigenvalue weighted by atomic mass is 9.79. The number of ether oxygens (including phenoxy) is 1. The Labute approximate surface area is 101 Å². The molecule has 0 bridgehead atoms. The Balaban J connectivity index is 2.02. The first-order valence-corrected chi connectivity index (χ1v) is 6.08. The summed E-state index contributed by atoms with van der Waals surface area (Å²) in [4.78, 5) is 3.44. The Kier molecular flexibility index (Phi) is 2.45. The first-order valence-electron chi connectivity index (χ1n) is 6.08. The Hall–Kier alpha value is -1.32. The molecule has 0 radical (unpaired) electrons. The Morgan fingerprint density at radius 1 is 1.35 bits per heavy atom. The van der Waals surface area contributed by atoms with Crippen LogP contribution in [0.25, 0.3) is 10.9 Å². The number of benzene rings is 1. The van der Waals surface area contributed by atoms with E-state index >= 15 is 0 Å². The normalized spacial score (nSPS) is 18.2. The Bertz CT molecular complexity index is 535. The lowest BCUT2D eigenvalue weighted by molar-refractivity contribution is -0.106. The molecule has 0 amide bonds. The average molecular weight is 230 g/mol. The molecule has 1 aliphatic rings. The predicted molar refractivity (Wildman–Crippen MR) is 69.0 cm³/mol. The lowest BCUT2D eigenvalue weighted by Crippen LogP contribution is -2.49.